The number of aryl methyl sites for hydroxylation is 1. The Morgan fingerprint density at radius 3 is 2.48 bits per heavy atom. The van der Waals surface area contributed by atoms with Crippen molar-refractivity contribution in [2.75, 3.05) is 22.2 Å². The van der Waals surface area contributed by atoms with Gasteiger partial charge in [0.25, 0.3) is 0 Å². The van der Waals surface area contributed by atoms with Crippen molar-refractivity contribution >= 4 is 33.2 Å². The van der Waals surface area contributed by atoms with Gasteiger partial charge >= 0.3 is 0 Å². The Morgan fingerprint density at radius 1 is 1.13 bits per heavy atom. The summed E-state index contributed by atoms with van der Waals surface area (Å²) in [5.74, 6) is 0.852. The maximum absolute atomic E-state index is 13.2. The van der Waals surface area contributed by atoms with E-state index in [0.717, 1.165) is 11.4 Å². The molecule has 4 rings (SSSR count). The number of nitrogens with zero attached hydrogens (tertiary/aromatic N) is 4. The quantitative estimate of drug-likeness (QED) is 0.530. The molecule has 0 N–H and O–H groups in total. The van der Waals surface area contributed by atoms with Crippen molar-refractivity contribution in [2.24, 2.45) is 7.05 Å². The minimum Gasteiger partial charge on any atom is -0.308 e. The first-order chi connectivity index (χ1) is 14.8. The number of hydrogen-bond acceptors (Lipinski definition) is 6. The molecule has 7 nitrogen and oxygen atoms in total. The highest BCUT2D eigenvalue weighted by Crippen LogP contribution is 2.27. The van der Waals surface area contributed by atoms with Crippen LogP contribution >= 0.6 is 11.8 Å². The zero-order chi connectivity index (χ0) is 22.0. The predicted octanol–water partition coefficient (Wildman–Crippen LogP) is 3.10. The summed E-state index contributed by atoms with van der Waals surface area (Å²) in [4.78, 5) is 14.8. The van der Waals surface area contributed by atoms with Crippen molar-refractivity contribution in [3.05, 3.63) is 60.2 Å². The predicted molar refractivity (Wildman–Crippen MR) is 123 cm³/mol. The van der Waals surface area contributed by atoms with E-state index in [-0.39, 0.29) is 29.2 Å². The minimum atomic E-state index is -3.11. The van der Waals surface area contributed by atoms with Gasteiger partial charge in [0.1, 0.15) is 0 Å². The molecule has 1 atom stereocenters. The lowest BCUT2D eigenvalue weighted by atomic mass is 10.1. The highest BCUT2D eigenvalue weighted by Gasteiger charge is 2.35. The lowest BCUT2D eigenvalue weighted by Gasteiger charge is -2.28. The number of hydrogen-bond donors (Lipinski definition) is 0. The summed E-state index contributed by atoms with van der Waals surface area (Å²) in [7, 11) is -1.24. The number of amides is 1. The molecule has 2 heterocycles. The van der Waals surface area contributed by atoms with Gasteiger partial charge < -0.3 is 9.47 Å². The third kappa shape index (κ3) is 4.83. The molecule has 1 aromatic heterocycles. The summed E-state index contributed by atoms with van der Waals surface area (Å²) in [6, 6.07) is 16.9. The number of para-hydroxylation sites is 1. The minimum absolute atomic E-state index is 0.000165. The number of benzene rings is 2. The summed E-state index contributed by atoms with van der Waals surface area (Å²) in [6.45, 7) is 2.03. The number of thioether (sulfide) groups is 1. The summed E-state index contributed by atoms with van der Waals surface area (Å²) >= 11 is 1.30. The zero-order valence-electron chi connectivity index (χ0n) is 17.4. The summed E-state index contributed by atoms with van der Waals surface area (Å²) in [5, 5.41) is 9.16. The van der Waals surface area contributed by atoms with Crippen LogP contribution in [0.4, 0.5) is 5.69 Å². The summed E-state index contributed by atoms with van der Waals surface area (Å²) in [6.07, 6.45) is 0.454. The van der Waals surface area contributed by atoms with E-state index in [1.807, 2.05) is 73.1 Å². The third-order valence-electron chi connectivity index (χ3n) is 5.35. The number of aromatic nitrogens is 3. The maximum atomic E-state index is 13.2. The molecule has 31 heavy (non-hydrogen) atoms. The van der Waals surface area contributed by atoms with Crippen LogP contribution in [-0.2, 0) is 21.7 Å². The van der Waals surface area contributed by atoms with Gasteiger partial charge in [0.15, 0.2) is 20.8 Å². The van der Waals surface area contributed by atoms with Gasteiger partial charge in [-0.3, -0.25) is 4.79 Å². The SMILES string of the molecule is Cc1ccc(-c2nnc(SCC(=O)N(c3ccccc3)[C@@H]3CCS(=O)(=O)C3)n2C)cc1. The smallest absolute Gasteiger partial charge is 0.237 e. The van der Waals surface area contributed by atoms with E-state index < -0.39 is 9.84 Å². The van der Waals surface area contributed by atoms with Crippen LogP contribution < -0.4 is 4.90 Å². The van der Waals surface area contributed by atoms with Crippen LogP contribution in [0.5, 0.6) is 0 Å². The summed E-state index contributed by atoms with van der Waals surface area (Å²) in [5.41, 5.74) is 2.84. The van der Waals surface area contributed by atoms with E-state index in [2.05, 4.69) is 10.2 Å². The largest absolute Gasteiger partial charge is 0.308 e. The van der Waals surface area contributed by atoms with Crippen LogP contribution in [0.2, 0.25) is 0 Å². The first-order valence-corrected chi connectivity index (χ1v) is 12.8. The molecule has 1 fully saturated rings. The van der Waals surface area contributed by atoms with Gasteiger partial charge in [0.05, 0.1) is 23.3 Å². The van der Waals surface area contributed by atoms with E-state index in [0.29, 0.717) is 17.3 Å². The number of sulfone groups is 1. The van der Waals surface area contributed by atoms with Gasteiger partial charge in [-0.2, -0.15) is 0 Å². The molecule has 1 aliphatic rings. The van der Waals surface area contributed by atoms with Crippen LogP contribution in [0.25, 0.3) is 11.4 Å². The Kier molecular flexibility index (Phi) is 6.15. The topological polar surface area (TPSA) is 85.2 Å². The lowest BCUT2D eigenvalue weighted by molar-refractivity contribution is -0.116. The molecule has 0 unspecified atom stereocenters. The molecule has 1 aliphatic heterocycles. The first-order valence-electron chi connectivity index (χ1n) is 10.0. The molecular weight excluding hydrogens is 432 g/mol. The van der Waals surface area contributed by atoms with E-state index in [9.17, 15) is 13.2 Å². The van der Waals surface area contributed by atoms with Crippen LogP contribution in [0.1, 0.15) is 12.0 Å². The fourth-order valence-electron chi connectivity index (χ4n) is 3.72. The molecule has 9 heteroatoms. The van der Waals surface area contributed by atoms with Gasteiger partial charge in [-0.1, -0.05) is 59.8 Å². The molecule has 0 spiro atoms. The molecule has 2 aromatic carbocycles. The van der Waals surface area contributed by atoms with E-state index in [4.69, 9.17) is 0 Å². The maximum Gasteiger partial charge on any atom is 0.237 e. The van der Waals surface area contributed by atoms with Crippen molar-refractivity contribution in [1.29, 1.82) is 0 Å². The van der Waals surface area contributed by atoms with Gasteiger partial charge in [0.2, 0.25) is 5.91 Å². The molecular formula is C22H24N4O3S2. The number of rotatable bonds is 6. The Bertz CT molecular complexity index is 1180. The lowest BCUT2D eigenvalue weighted by Crippen LogP contribution is -2.42. The van der Waals surface area contributed by atoms with Gasteiger partial charge in [-0.05, 0) is 25.5 Å². The monoisotopic (exact) mass is 456 g/mol. The molecule has 1 amide bonds. The van der Waals surface area contributed by atoms with Gasteiger partial charge in [0, 0.05) is 18.3 Å². The summed E-state index contributed by atoms with van der Waals surface area (Å²) < 4.78 is 25.9. The molecule has 0 bridgehead atoms. The highest BCUT2D eigenvalue weighted by molar-refractivity contribution is 7.99. The molecule has 3 aromatic rings. The second-order valence-corrected chi connectivity index (χ2v) is 10.8. The van der Waals surface area contributed by atoms with Gasteiger partial charge in [-0.15, -0.1) is 10.2 Å². The van der Waals surface area contributed by atoms with Crippen LogP contribution in [0, 0.1) is 6.92 Å². The molecule has 0 saturated carbocycles. The average molecular weight is 457 g/mol. The second-order valence-electron chi connectivity index (χ2n) is 7.68. The van der Waals surface area contributed by atoms with Crippen molar-refractivity contribution in [3.8, 4) is 11.4 Å². The van der Waals surface area contributed by atoms with E-state index in [1.165, 1.54) is 17.3 Å². The fourth-order valence-corrected chi connectivity index (χ4v) is 6.19. The highest BCUT2D eigenvalue weighted by atomic mass is 32.2. The fraction of sp³-hybridized carbons (Fsp3) is 0.318. The van der Waals surface area contributed by atoms with Crippen molar-refractivity contribution < 1.29 is 13.2 Å². The van der Waals surface area contributed by atoms with E-state index in [1.54, 1.807) is 4.90 Å². The van der Waals surface area contributed by atoms with Crippen LogP contribution in [0.3, 0.4) is 0 Å². The normalized spacial score (nSPS) is 17.5. The standard InChI is InChI=1S/C22H24N4O3S2/c1-16-8-10-17(11-9-16)21-23-24-22(25(21)2)30-14-20(27)26(18-6-4-3-5-7-18)19-12-13-31(28,29)15-19/h3-11,19H,12-15H2,1-2H3/t19-/m1/s1. The molecule has 1 saturated heterocycles. The zero-order valence-corrected chi connectivity index (χ0v) is 19.1. The number of carbonyl (C=O) groups is 1. The molecule has 0 aliphatic carbocycles. The number of carbonyl (C=O) groups excluding carboxylic acids is 1. The second kappa shape index (κ2) is 8.84. The van der Waals surface area contributed by atoms with Crippen molar-refractivity contribution in [1.82, 2.24) is 14.8 Å². The Balaban J connectivity index is 1.51. The first kappa shape index (κ1) is 21.6. The van der Waals surface area contributed by atoms with Crippen LogP contribution in [0.15, 0.2) is 59.8 Å². The molecule has 162 valence electrons. The average Bonchev–Trinajstić information content (AvgIpc) is 3.30. The Labute approximate surface area is 186 Å². The Hall–Kier alpha value is -2.65. The third-order valence-corrected chi connectivity index (χ3v) is 8.10. The van der Waals surface area contributed by atoms with E-state index >= 15 is 0 Å². The van der Waals surface area contributed by atoms with Crippen molar-refractivity contribution in [3.63, 3.8) is 0 Å². The molecule has 0 radical (unpaired) electrons. The number of anilines is 1. The Morgan fingerprint density at radius 2 is 1.84 bits per heavy atom. The van der Waals surface area contributed by atoms with Crippen molar-refractivity contribution in [2.45, 2.75) is 24.5 Å². The van der Waals surface area contributed by atoms with Gasteiger partial charge in [-0.25, -0.2) is 8.42 Å². The van der Waals surface area contributed by atoms with Crippen LogP contribution in [-0.4, -0.2) is 52.4 Å².